The molecule has 0 aliphatic carbocycles. The number of aromatic hydroxyl groups is 1. The van der Waals surface area contributed by atoms with Gasteiger partial charge in [0.1, 0.15) is 11.4 Å². The van der Waals surface area contributed by atoms with E-state index >= 15 is 0 Å². The van der Waals surface area contributed by atoms with Gasteiger partial charge in [-0.05, 0) is 74.5 Å². The van der Waals surface area contributed by atoms with E-state index in [1.807, 2.05) is 0 Å². The van der Waals surface area contributed by atoms with Crippen LogP contribution >= 0.6 is 0 Å². The van der Waals surface area contributed by atoms with E-state index in [-0.39, 0.29) is 51.9 Å². The lowest BCUT2D eigenvalue weighted by atomic mass is 10.1. The number of carbonyl (C=O) groups excluding carboxylic acids is 5. The van der Waals surface area contributed by atoms with E-state index in [0.717, 1.165) is 0 Å². The lowest BCUT2D eigenvalue weighted by Crippen LogP contribution is -2.33. The smallest absolute Gasteiger partial charge is 0.335 e. The van der Waals surface area contributed by atoms with Gasteiger partial charge in [0.05, 0.1) is 53.2 Å². The van der Waals surface area contributed by atoms with Crippen molar-refractivity contribution in [1.29, 1.82) is 0 Å². The van der Waals surface area contributed by atoms with E-state index in [0.29, 0.717) is 12.1 Å². The predicted octanol–water partition coefficient (Wildman–Crippen LogP) is 3.11. The highest BCUT2D eigenvalue weighted by molar-refractivity contribution is 6.09. The fourth-order valence-electron chi connectivity index (χ4n) is 4.03. The molecule has 0 spiro atoms. The van der Waals surface area contributed by atoms with Crippen LogP contribution in [-0.2, 0) is 9.59 Å². The van der Waals surface area contributed by atoms with Gasteiger partial charge in [0, 0.05) is 5.69 Å². The highest BCUT2D eigenvalue weighted by Gasteiger charge is 2.22. The molecule has 246 valence electrons. The first-order valence-corrected chi connectivity index (χ1v) is 14.1. The Kier molecular flexibility index (Phi) is 10.9. The molecule has 16 nitrogen and oxygen atoms in total. The maximum atomic E-state index is 13.0. The SMILES string of the molecule is CC(C)Oc1c(NC(=O)c2ccc(NC(=O)CNC(=O)c3ccc(NC=O)cn3)cn2)ccc(C(=O)Nc2ccc(C(=O)O)cc2)c1O. The molecule has 2 aromatic heterocycles. The van der Waals surface area contributed by atoms with Gasteiger partial charge in [0.15, 0.2) is 11.5 Å². The van der Waals surface area contributed by atoms with E-state index in [9.17, 15) is 33.9 Å². The summed E-state index contributed by atoms with van der Waals surface area (Å²) in [6.07, 6.45) is 2.53. The van der Waals surface area contributed by atoms with Crippen molar-refractivity contribution in [2.75, 3.05) is 27.8 Å². The largest absolute Gasteiger partial charge is 0.504 e. The third-order valence-electron chi connectivity index (χ3n) is 6.28. The standard InChI is InChI=1S/C32H29N7O9/c1-17(2)48-28-23(12-9-22(27(28)42)29(43)38-19-5-3-18(4-6-19)32(46)47)39-31(45)25-11-8-21(14-34-25)37-26(41)15-35-30(44)24-10-7-20(13-33-24)36-16-40/h3-14,16-17,42H,15H2,1-2H3,(H,35,44)(H,36,40)(H,37,41)(H,38,43)(H,39,45)(H,46,47). The molecule has 7 N–H and O–H groups in total. The van der Waals surface area contributed by atoms with Gasteiger partial charge in [0.25, 0.3) is 17.7 Å². The van der Waals surface area contributed by atoms with Gasteiger partial charge in [0.2, 0.25) is 12.3 Å². The van der Waals surface area contributed by atoms with Crippen molar-refractivity contribution >= 4 is 58.8 Å². The quantitative estimate of drug-likeness (QED) is 0.103. The molecule has 5 amide bonds. The summed E-state index contributed by atoms with van der Waals surface area (Å²) in [6, 6.07) is 13.7. The number of pyridine rings is 2. The Morgan fingerprint density at radius 1 is 0.771 bits per heavy atom. The summed E-state index contributed by atoms with van der Waals surface area (Å²) in [5, 5.41) is 32.5. The number of nitrogens with zero attached hydrogens (tertiary/aromatic N) is 2. The third kappa shape index (κ3) is 8.87. The van der Waals surface area contributed by atoms with Crippen molar-refractivity contribution in [1.82, 2.24) is 15.3 Å². The predicted molar refractivity (Wildman–Crippen MR) is 172 cm³/mol. The molecule has 0 saturated heterocycles. The molecule has 0 aliphatic rings. The molecular formula is C32H29N7O9. The van der Waals surface area contributed by atoms with Crippen molar-refractivity contribution in [3.05, 3.63) is 95.6 Å². The lowest BCUT2D eigenvalue weighted by Gasteiger charge is -2.18. The molecule has 2 heterocycles. The molecule has 16 heteroatoms. The number of phenols is 1. The first-order chi connectivity index (χ1) is 22.9. The number of hydrogen-bond donors (Lipinski definition) is 7. The topological polar surface area (TPSA) is 238 Å². The molecule has 2 aromatic carbocycles. The summed E-state index contributed by atoms with van der Waals surface area (Å²) in [5.41, 5.74) is 0.824. The average molecular weight is 656 g/mol. The lowest BCUT2D eigenvalue weighted by molar-refractivity contribution is -0.115. The van der Waals surface area contributed by atoms with Gasteiger partial charge in [-0.25, -0.2) is 14.8 Å². The number of carbonyl (C=O) groups is 6. The van der Waals surface area contributed by atoms with Crippen LogP contribution < -0.4 is 31.3 Å². The summed E-state index contributed by atoms with van der Waals surface area (Å²) in [7, 11) is 0. The van der Waals surface area contributed by atoms with Gasteiger partial charge < -0.3 is 41.5 Å². The molecule has 0 atom stereocenters. The minimum Gasteiger partial charge on any atom is -0.504 e. The number of carboxylic acid groups (broad SMARTS) is 1. The van der Waals surface area contributed by atoms with Crippen LogP contribution in [-0.4, -0.2) is 68.8 Å². The molecular weight excluding hydrogens is 626 g/mol. The number of benzene rings is 2. The number of aromatic nitrogens is 2. The number of amides is 5. The number of nitrogens with one attached hydrogen (secondary N) is 5. The Morgan fingerprint density at radius 2 is 1.40 bits per heavy atom. The number of aromatic carboxylic acids is 1. The van der Waals surface area contributed by atoms with E-state index in [1.165, 1.54) is 73.1 Å². The monoisotopic (exact) mass is 655 g/mol. The number of ether oxygens (including phenoxy) is 1. The zero-order valence-electron chi connectivity index (χ0n) is 25.4. The van der Waals surface area contributed by atoms with Crippen LogP contribution in [0.3, 0.4) is 0 Å². The molecule has 48 heavy (non-hydrogen) atoms. The molecule has 4 aromatic rings. The summed E-state index contributed by atoms with van der Waals surface area (Å²) < 4.78 is 5.71. The molecule has 0 saturated carbocycles. The molecule has 0 unspecified atom stereocenters. The summed E-state index contributed by atoms with van der Waals surface area (Å²) in [6.45, 7) is 2.99. The zero-order chi connectivity index (χ0) is 34.8. The number of carboxylic acids is 1. The Bertz CT molecular complexity index is 1840. The van der Waals surface area contributed by atoms with Gasteiger partial charge in [-0.2, -0.15) is 0 Å². The molecule has 0 fully saturated rings. The van der Waals surface area contributed by atoms with Gasteiger partial charge in [-0.1, -0.05) is 0 Å². The highest BCUT2D eigenvalue weighted by Crippen LogP contribution is 2.39. The van der Waals surface area contributed by atoms with Gasteiger partial charge in [-0.3, -0.25) is 24.0 Å². The van der Waals surface area contributed by atoms with Crippen molar-refractivity contribution in [3.8, 4) is 11.5 Å². The summed E-state index contributed by atoms with van der Waals surface area (Å²) in [4.78, 5) is 80.0. The Balaban J connectivity index is 1.38. The fourth-order valence-corrected chi connectivity index (χ4v) is 4.03. The van der Waals surface area contributed by atoms with E-state index in [4.69, 9.17) is 9.84 Å². The van der Waals surface area contributed by atoms with Crippen molar-refractivity contribution < 1.29 is 43.7 Å². The minimum absolute atomic E-state index is 0.0336. The van der Waals surface area contributed by atoms with Crippen molar-refractivity contribution in [2.24, 2.45) is 0 Å². The normalized spacial score (nSPS) is 10.4. The Labute approximate surface area is 272 Å². The molecule has 0 bridgehead atoms. The van der Waals surface area contributed by atoms with Crippen LogP contribution in [0.5, 0.6) is 11.5 Å². The van der Waals surface area contributed by atoms with E-state index < -0.39 is 41.5 Å². The van der Waals surface area contributed by atoms with Crippen LogP contribution in [0.1, 0.15) is 55.5 Å². The van der Waals surface area contributed by atoms with Crippen LogP contribution in [0.25, 0.3) is 0 Å². The van der Waals surface area contributed by atoms with Crippen LogP contribution in [0.4, 0.5) is 22.7 Å². The maximum Gasteiger partial charge on any atom is 0.335 e. The second kappa shape index (κ2) is 15.4. The Hall–Kier alpha value is -6.84. The zero-order valence-corrected chi connectivity index (χ0v) is 25.4. The van der Waals surface area contributed by atoms with Gasteiger partial charge >= 0.3 is 5.97 Å². The summed E-state index contributed by atoms with van der Waals surface area (Å²) >= 11 is 0. The van der Waals surface area contributed by atoms with E-state index in [2.05, 4.69) is 36.6 Å². The second-order valence-corrected chi connectivity index (χ2v) is 10.2. The van der Waals surface area contributed by atoms with Crippen molar-refractivity contribution in [3.63, 3.8) is 0 Å². The third-order valence-corrected chi connectivity index (χ3v) is 6.28. The highest BCUT2D eigenvalue weighted by atomic mass is 16.5. The van der Waals surface area contributed by atoms with Crippen molar-refractivity contribution in [2.45, 2.75) is 20.0 Å². The molecule has 0 radical (unpaired) electrons. The fraction of sp³-hybridized carbons (Fsp3) is 0.125. The molecule has 0 aliphatic heterocycles. The number of rotatable bonds is 13. The minimum atomic E-state index is -1.12. The first-order valence-electron chi connectivity index (χ1n) is 14.1. The number of hydrogen-bond acceptors (Lipinski definition) is 10. The second-order valence-electron chi connectivity index (χ2n) is 10.2. The van der Waals surface area contributed by atoms with E-state index in [1.54, 1.807) is 13.8 Å². The maximum absolute atomic E-state index is 13.0. The average Bonchev–Trinajstić information content (AvgIpc) is 3.06. The number of anilines is 4. The molecule has 4 rings (SSSR count). The summed E-state index contributed by atoms with van der Waals surface area (Å²) in [5.74, 6) is -4.41. The van der Waals surface area contributed by atoms with Crippen LogP contribution in [0, 0.1) is 0 Å². The first kappa shape index (κ1) is 34.0. The van der Waals surface area contributed by atoms with Gasteiger partial charge in [-0.15, -0.1) is 0 Å². The van der Waals surface area contributed by atoms with Crippen LogP contribution in [0.2, 0.25) is 0 Å². The van der Waals surface area contributed by atoms with Crippen LogP contribution in [0.15, 0.2) is 73.1 Å². The number of phenolic OH excluding ortho intramolecular Hbond substituents is 1. The Morgan fingerprint density at radius 3 is 1.98 bits per heavy atom.